The lowest BCUT2D eigenvalue weighted by molar-refractivity contribution is -0.124. The minimum absolute atomic E-state index is 0. The molecular weight excluding hydrogens is 288 g/mol. The van der Waals surface area contributed by atoms with Gasteiger partial charge in [-0.05, 0) is 44.2 Å². The second-order valence-electron chi connectivity index (χ2n) is 5.53. The molecule has 1 aliphatic rings. The van der Waals surface area contributed by atoms with Crippen LogP contribution in [-0.4, -0.2) is 25.1 Å². The minimum atomic E-state index is 0. The van der Waals surface area contributed by atoms with Gasteiger partial charge in [0, 0.05) is 18.5 Å². The third-order valence-corrected chi connectivity index (χ3v) is 3.82. The summed E-state index contributed by atoms with van der Waals surface area (Å²) in [5.41, 5.74) is 6.95. The van der Waals surface area contributed by atoms with Gasteiger partial charge in [0.1, 0.15) is 5.75 Å². The number of rotatable bonds is 6. The number of nitrogens with one attached hydrogen (secondary N) is 1. The van der Waals surface area contributed by atoms with Crippen LogP contribution >= 0.6 is 12.4 Å². The van der Waals surface area contributed by atoms with Crippen LogP contribution in [0.5, 0.6) is 5.75 Å². The molecule has 1 aliphatic carbocycles. The summed E-state index contributed by atoms with van der Waals surface area (Å²) in [6, 6.07) is 8.16. The fourth-order valence-corrected chi connectivity index (χ4v) is 2.58. The summed E-state index contributed by atoms with van der Waals surface area (Å²) in [5, 5.41) is 2.97. The van der Waals surface area contributed by atoms with Gasteiger partial charge in [-0.15, -0.1) is 12.4 Å². The molecule has 0 heterocycles. The standard InChI is InChI=1S/C16H24N2O2.ClH/c1-12-5-2-3-6-15(12)20-10-4-9-18-16(19)13-7-8-14(17)11-13;/h2-3,5-6,13-14H,4,7-11,17H2,1H3,(H,18,19);1H. The van der Waals surface area contributed by atoms with E-state index >= 15 is 0 Å². The smallest absolute Gasteiger partial charge is 0.223 e. The summed E-state index contributed by atoms with van der Waals surface area (Å²) in [4.78, 5) is 11.9. The van der Waals surface area contributed by atoms with Crippen LogP contribution in [0.15, 0.2) is 24.3 Å². The summed E-state index contributed by atoms with van der Waals surface area (Å²) >= 11 is 0. The lowest BCUT2D eigenvalue weighted by atomic mass is 10.1. The zero-order valence-corrected chi connectivity index (χ0v) is 13.3. The van der Waals surface area contributed by atoms with Gasteiger partial charge in [0.05, 0.1) is 6.61 Å². The number of hydrogen-bond donors (Lipinski definition) is 2. The molecule has 1 fully saturated rings. The first-order chi connectivity index (χ1) is 9.66. The van der Waals surface area contributed by atoms with Crippen LogP contribution in [0.25, 0.3) is 0 Å². The van der Waals surface area contributed by atoms with E-state index in [4.69, 9.17) is 10.5 Å². The van der Waals surface area contributed by atoms with E-state index in [1.807, 2.05) is 31.2 Å². The Morgan fingerprint density at radius 2 is 2.14 bits per heavy atom. The summed E-state index contributed by atoms with van der Waals surface area (Å²) < 4.78 is 5.69. The second kappa shape index (κ2) is 8.90. The number of hydrogen-bond acceptors (Lipinski definition) is 3. The van der Waals surface area contributed by atoms with Crippen LogP contribution in [-0.2, 0) is 4.79 Å². The number of carbonyl (C=O) groups excluding carboxylic acids is 1. The van der Waals surface area contributed by atoms with E-state index in [1.165, 1.54) is 0 Å². The number of nitrogens with two attached hydrogens (primary N) is 1. The molecule has 0 spiro atoms. The predicted octanol–water partition coefficient (Wildman–Crippen LogP) is 2.43. The summed E-state index contributed by atoms with van der Waals surface area (Å²) in [6.07, 6.45) is 3.53. The van der Waals surface area contributed by atoms with Crippen molar-refractivity contribution in [3.8, 4) is 5.75 Å². The Balaban J connectivity index is 0.00000220. The van der Waals surface area contributed by atoms with Gasteiger partial charge in [-0.3, -0.25) is 4.79 Å². The molecule has 3 N–H and O–H groups in total. The number of halogens is 1. The van der Waals surface area contributed by atoms with E-state index < -0.39 is 0 Å². The van der Waals surface area contributed by atoms with Gasteiger partial charge < -0.3 is 15.8 Å². The van der Waals surface area contributed by atoms with E-state index in [0.29, 0.717) is 13.2 Å². The molecule has 1 saturated carbocycles. The topological polar surface area (TPSA) is 64.3 Å². The maximum atomic E-state index is 11.9. The lowest BCUT2D eigenvalue weighted by Crippen LogP contribution is -2.31. The highest BCUT2D eigenvalue weighted by molar-refractivity contribution is 5.85. The average molecular weight is 313 g/mol. The van der Waals surface area contributed by atoms with Gasteiger partial charge in [0.25, 0.3) is 0 Å². The molecule has 0 aromatic heterocycles. The van der Waals surface area contributed by atoms with Gasteiger partial charge in [-0.25, -0.2) is 0 Å². The van der Waals surface area contributed by atoms with Crippen molar-refractivity contribution in [3.05, 3.63) is 29.8 Å². The van der Waals surface area contributed by atoms with Gasteiger partial charge in [0.15, 0.2) is 0 Å². The van der Waals surface area contributed by atoms with Crippen molar-refractivity contribution >= 4 is 18.3 Å². The van der Waals surface area contributed by atoms with Crippen molar-refractivity contribution in [1.29, 1.82) is 0 Å². The molecule has 118 valence electrons. The molecule has 0 aliphatic heterocycles. The summed E-state index contributed by atoms with van der Waals surface area (Å²) in [6.45, 7) is 3.31. The molecule has 1 aromatic rings. The predicted molar refractivity (Wildman–Crippen MR) is 86.9 cm³/mol. The first-order valence-corrected chi connectivity index (χ1v) is 7.38. The Labute approximate surface area is 132 Å². The van der Waals surface area contributed by atoms with Crippen molar-refractivity contribution in [1.82, 2.24) is 5.32 Å². The van der Waals surface area contributed by atoms with Crippen molar-refractivity contribution in [2.24, 2.45) is 11.7 Å². The summed E-state index contributed by atoms with van der Waals surface area (Å²) in [7, 11) is 0. The van der Waals surface area contributed by atoms with E-state index in [0.717, 1.165) is 37.0 Å². The molecule has 4 nitrogen and oxygen atoms in total. The minimum Gasteiger partial charge on any atom is -0.493 e. The van der Waals surface area contributed by atoms with Gasteiger partial charge in [-0.2, -0.15) is 0 Å². The summed E-state index contributed by atoms with van der Waals surface area (Å²) in [5.74, 6) is 1.18. The van der Waals surface area contributed by atoms with Crippen LogP contribution < -0.4 is 15.8 Å². The first-order valence-electron chi connectivity index (χ1n) is 7.38. The van der Waals surface area contributed by atoms with Crippen LogP contribution in [0.1, 0.15) is 31.2 Å². The van der Waals surface area contributed by atoms with Crippen molar-refractivity contribution in [2.75, 3.05) is 13.2 Å². The zero-order chi connectivity index (χ0) is 14.4. The Kier molecular flexibility index (Phi) is 7.54. The maximum Gasteiger partial charge on any atom is 0.223 e. The van der Waals surface area contributed by atoms with Crippen LogP contribution in [0.2, 0.25) is 0 Å². The normalized spacial score (nSPS) is 20.7. The van der Waals surface area contributed by atoms with Crippen molar-refractivity contribution in [3.63, 3.8) is 0 Å². The third-order valence-electron chi connectivity index (χ3n) is 3.82. The third kappa shape index (κ3) is 5.56. The van der Waals surface area contributed by atoms with E-state index in [9.17, 15) is 4.79 Å². The Morgan fingerprint density at radius 3 is 2.81 bits per heavy atom. The molecule has 2 rings (SSSR count). The van der Waals surface area contributed by atoms with Gasteiger partial charge >= 0.3 is 0 Å². The Hall–Kier alpha value is -1.26. The number of para-hydroxylation sites is 1. The maximum absolute atomic E-state index is 11.9. The number of benzene rings is 1. The molecule has 1 amide bonds. The largest absolute Gasteiger partial charge is 0.493 e. The first kappa shape index (κ1) is 17.8. The van der Waals surface area contributed by atoms with E-state index in [-0.39, 0.29) is 30.3 Å². The molecule has 5 heteroatoms. The van der Waals surface area contributed by atoms with Gasteiger partial charge in [0.2, 0.25) is 5.91 Å². The number of aryl methyl sites for hydroxylation is 1. The quantitative estimate of drug-likeness (QED) is 0.793. The molecule has 0 bridgehead atoms. The monoisotopic (exact) mass is 312 g/mol. The molecule has 1 aromatic carbocycles. The van der Waals surface area contributed by atoms with Gasteiger partial charge in [-0.1, -0.05) is 18.2 Å². The molecule has 0 radical (unpaired) electrons. The highest BCUT2D eigenvalue weighted by atomic mass is 35.5. The Morgan fingerprint density at radius 1 is 1.38 bits per heavy atom. The molecule has 2 atom stereocenters. The highest BCUT2D eigenvalue weighted by Crippen LogP contribution is 2.23. The molecule has 0 saturated heterocycles. The van der Waals surface area contributed by atoms with E-state index in [1.54, 1.807) is 0 Å². The number of carbonyl (C=O) groups is 1. The SMILES string of the molecule is Cc1ccccc1OCCCNC(=O)C1CCC(N)C1.Cl. The molecule has 21 heavy (non-hydrogen) atoms. The number of amides is 1. The Bertz CT molecular complexity index is 454. The van der Waals surface area contributed by atoms with Crippen molar-refractivity contribution in [2.45, 2.75) is 38.6 Å². The fraction of sp³-hybridized carbons (Fsp3) is 0.562. The lowest BCUT2D eigenvalue weighted by Gasteiger charge is -2.12. The zero-order valence-electron chi connectivity index (χ0n) is 12.5. The number of ether oxygens (including phenoxy) is 1. The average Bonchev–Trinajstić information content (AvgIpc) is 2.87. The molecular formula is C16H25ClN2O2. The van der Waals surface area contributed by atoms with E-state index in [2.05, 4.69) is 5.32 Å². The fourth-order valence-electron chi connectivity index (χ4n) is 2.58. The highest BCUT2D eigenvalue weighted by Gasteiger charge is 2.27. The van der Waals surface area contributed by atoms with Crippen LogP contribution in [0.4, 0.5) is 0 Å². The van der Waals surface area contributed by atoms with Crippen molar-refractivity contribution < 1.29 is 9.53 Å². The van der Waals surface area contributed by atoms with Crippen LogP contribution in [0.3, 0.4) is 0 Å². The molecule has 2 unspecified atom stereocenters. The van der Waals surface area contributed by atoms with Crippen LogP contribution in [0, 0.1) is 12.8 Å². The second-order valence-corrected chi connectivity index (χ2v) is 5.53.